The molecule has 0 aromatic rings. The molecule has 0 spiro atoms. The molecule has 1 rings (SSSR count). The Morgan fingerprint density at radius 2 is 1.82 bits per heavy atom. The highest BCUT2D eigenvalue weighted by Crippen LogP contribution is 2.24. The molecule has 102 valence electrons. The van der Waals surface area contributed by atoms with E-state index >= 15 is 0 Å². The Bertz CT molecular complexity index is 199. The van der Waals surface area contributed by atoms with E-state index in [9.17, 15) is 0 Å². The first-order valence-corrected chi connectivity index (χ1v) is 7.70. The van der Waals surface area contributed by atoms with Gasteiger partial charge in [0, 0.05) is 24.7 Å². The van der Waals surface area contributed by atoms with E-state index in [-0.39, 0.29) is 0 Å². The van der Waals surface area contributed by atoms with Crippen molar-refractivity contribution in [3.8, 4) is 0 Å². The van der Waals surface area contributed by atoms with Crippen molar-refractivity contribution in [3.63, 3.8) is 0 Å². The average molecular weight is 240 g/mol. The SMILES string of the molecule is CCCCCN1CC(CC)(CC)NCC1CC. The van der Waals surface area contributed by atoms with E-state index in [0.717, 1.165) is 6.04 Å². The predicted molar refractivity (Wildman–Crippen MR) is 76.5 cm³/mol. The van der Waals surface area contributed by atoms with Crippen LogP contribution in [0.2, 0.25) is 0 Å². The predicted octanol–water partition coefficient (Wildman–Crippen LogP) is 3.42. The molecule has 1 heterocycles. The van der Waals surface area contributed by atoms with Crippen LogP contribution < -0.4 is 5.32 Å². The zero-order chi connectivity index (χ0) is 12.7. The van der Waals surface area contributed by atoms with Gasteiger partial charge in [-0.25, -0.2) is 0 Å². The molecule has 0 aromatic heterocycles. The zero-order valence-electron chi connectivity index (χ0n) is 12.4. The van der Waals surface area contributed by atoms with Crippen molar-refractivity contribution in [1.29, 1.82) is 0 Å². The second kappa shape index (κ2) is 7.38. The van der Waals surface area contributed by atoms with E-state index in [4.69, 9.17) is 0 Å². The minimum absolute atomic E-state index is 0.387. The summed E-state index contributed by atoms with van der Waals surface area (Å²) in [5, 5.41) is 3.81. The second-order valence-electron chi connectivity index (χ2n) is 5.61. The molecule has 1 N–H and O–H groups in total. The highest BCUT2D eigenvalue weighted by molar-refractivity contribution is 4.96. The van der Waals surface area contributed by atoms with Gasteiger partial charge in [-0.15, -0.1) is 0 Å². The molecular weight excluding hydrogens is 208 g/mol. The Labute approximate surface area is 108 Å². The summed E-state index contributed by atoms with van der Waals surface area (Å²) in [7, 11) is 0. The van der Waals surface area contributed by atoms with Crippen molar-refractivity contribution in [2.45, 2.75) is 77.8 Å². The van der Waals surface area contributed by atoms with Crippen LogP contribution in [0.5, 0.6) is 0 Å². The van der Waals surface area contributed by atoms with Gasteiger partial charge in [0.05, 0.1) is 0 Å². The van der Waals surface area contributed by atoms with Gasteiger partial charge >= 0.3 is 0 Å². The Morgan fingerprint density at radius 1 is 1.12 bits per heavy atom. The Kier molecular flexibility index (Phi) is 6.50. The molecule has 0 radical (unpaired) electrons. The summed E-state index contributed by atoms with van der Waals surface area (Å²) < 4.78 is 0. The van der Waals surface area contributed by atoms with Crippen LogP contribution in [0.1, 0.15) is 66.2 Å². The normalized spacial score (nSPS) is 25.1. The molecule has 2 nitrogen and oxygen atoms in total. The van der Waals surface area contributed by atoms with E-state index in [1.165, 1.54) is 58.2 Å². The third-order valence-electron chi connectivity index (χ3n) is 4.61. The fourth-order valence-electron chi connectivity index (χ4n) is 2.99. The average Bonchev–Trinajstić information content (AvgIpc) is 2.39. The number of unbranched alkanes of at least 4 members (excludes halogenated alkanes) is 2. The molecular formula is C15H32N2. The molecule has 0 aromatic carbocycles. The van der Waals surface area contributed by atoms with Crippen molar-refractivity contribution in [2.24, 2.45) is 0 Å². The molecule has 1 aliphatic heterocycles. The van der Waals surface area contributed by atoms with Gasteiger partial charge in [-0.2, -0.15) is 0 Å². The fraction of sp³-hybridized carbons (Fsp3) is 1.00. The summed E-state index contributed by atoms with van der Waals surface area (Å²) in [5.41, 5.74) is 0.387. The molecule has 0 saturated carbocycles. The lowest BCUT2D eigenvalue weighted by Gasteiger charge is -2.47. The van der Waals surface area contributed by atoms with Crippen molar-refractivity contribution in [2.75, 3.05) is 19.6 Å². The minimum atomic E-state index is 0.387. The van der Waals surface area contributed by atoms with E-state index in [1.54, 1.807) is 0 Å². The Balaban J connectivity index is 2.54. The summed E-state index contributed by atoms with van der Waals surface area (Å²) in [6.07, 6.45) is 7.87. The van der Waals surface area contributed by atoms with Gasteiger partial charge in [-0.1, -0.05) is 40.5 Å². The number of nitrogens with zero attached hydrogens (tertiary/aromatic N) is 1. The largest absolute Gasteiger partial charge is 0.308 e. The maximum atomic E-state index is 3.81. The van der Waals surface area contributed by atoms with Gasteiger partial charge in [0.2, 0.25) is 0 Å². The summed E-state index contributed by atoms with van der Waals surface area (Å²) in [6, 6.07) is 0.762. The van der Waals surface area contributed by atoms with Crippen LogP contribution in [0.15, 0.2) is 0 Å². The minimum Gasteiger partial charge on any atom is -0.308 e. The van der Waals surface area contributed by atoms with Gasteiger partial charge < -0.3 is 5.32 Å². The van der Waals surface area contributed by atoms with E-state index in [0.29, 0.717) is 5.54 Å². The maximum absolute atomic E-state index is 3.81. The highest BCUT2D eigenvalue weighted by atomic mass is 15.2. The molecule has 1 aliphatic rings. The second-order valence-corrected chi connectivity index (χ2v) is 5.61. The number of rotatable bonds is 7. The third kappa shape index (κ3) is 3.96. The summed E-state index contributed by atoms with van der Waals surface area (Å²) in [5.74, 6) is 0. The maximum Gasteiger partial charge on any atom is 0.0304 e. The first-order chi connectivity index (χ1) is 8.21. The third-order valence-corrected chi connectivity index (χ3v) is 4.61. The zero-order valence-corrected chi connectivity index (χ0v) is 12.4. The topological polar surface area (TPSA) is 15.3 Å². The molecule has 1 saturated heterocycles. The van der Waals surface area contributed by atoms with Gasteiger partial charge in [0.25, 0.3) is 0 Å². The van der Waals surface area contributed by atoms with Crippen molar-refractivity contribution >= 4 is 0 Å². The molecule has 17 heavy (non-hydrogen) atoms. The molecule has 2 heteroatoms. The van der Waals surface area contributed by atoms with Gasteiger partial charge in [-0.05, 0) is 32.2 Å². The van der Waals surface area contributed by atoms with Crippen LogP contribution >= 0.6 is 0 Å². The van der Waals surface area contributed by atoms with Crippen molar-refractivity contribution in [1.82, 2.24) is 10.2 Å². The summed E-state index contributed by atoms with van der Waals surface area (Å²) in [4.78, 5) is 2.75. The lowest BCUT2D eigenvalue weighted by atomic mass is 9.88. The molecule has 1 fully saturated rings. The van der Waals surface area contributed by atoms with E-state index in [2.05, 4.69) is 37.9 Å². The van der Waals surface area contributed by atoms with Crippen LogP contribution in [0.25, 0.3) is 0 Å². The summed E-state index contributed by atoms with van der Waals surface area (Å²) in [6.45, 7) is 13.0. The lowest BCUT2D eigenvalue weighted by molar-refractivity contribution is 0.0692. The van der Waals surface area contributed by atoms with Crippen LogP contribution in [0.4, 0.5) is 0 Å². The number of hydrogen-bond donors (Lipinski definition) is 1. The van der Waals surface area contributed by atoms with Gasteiger partial charge in [0.1, 0.15) is 0 Å². The van der Waals surface area contributed by atoms with Crippen LogP contribution in [-0.4, -0.2) is 36.1 Å². The van der Waals surface area contributed by atoms with Crippen molar-refractivity contribution < 1.29 is 0 Å². The molecule has 1 unspecified atom stereocenters. The number of nitrogens with one attached hydrogen (secondary N) is 1. The molecule has 0 amide bonds. The van der Waals surface area contributed by atoms with E-state index in [1.807, 2.05) is 0 Å². The fourth-order valence-corrected chi connectivity index (χ4v) is 2.99. The first-order valence-electron chi connectivity index (χ1n) is 7.70. The lowest BCUT2D eigenvalue weighted by Crippen LogP contribution is -2.63. The smallest absolute Gasteiger partial charge is 0.0304 e. The highest BCUT2D eigenvalue weighted by Gasteiger charge is 2.35. The monoisotopic (exact) mass is 240 g/mol. The van der Waals surface area contributed by atoms with Crippen LogP contribution in [0, 0.1) is 0 Å². The van der Waals surface area contributed by atoms with Crippen LogP contribution in [0.3, 0.4) is 0 Å². The molecule has 0 aliphatic carbocycles. The summed E-state index contributed by atoms with van der Waals surface area (Å²) >= 11 is 0. The van der Waals surface area contributed by atoms with Crippen molar-refractivity contribution in [3.05, 3.63) is 0 Å². The standard InChI is InChI=1S/C15H32N2/c1-5-9-10-11-17-13-15(7-3,8-4)16-12-14(17)6-2/h14,16H,5-13H2,1-4H3. The Hall–Kier alpha value is -0.0800. The molecule has 1 atom stereocenters. The van der Waals surface area contributed by atoms with Gasteiger partial charge in [0.15, 0.2) is 0 Å². The molecule has 0 bridgehead atoms. The van der Waals surface area contributed by atoms with Crippen LogP contribution in [-0.2, 0) is 0 Å². The Morgan fingerprint density at radius 3 is 2.35 bits per heavy atom. The van der Waals surface area contributed by atoms with Gasteiger partial charge in [-0.3, -0.25) is 4.90 Å². The first kappa shape index (κ1) is 15.0. The van der Waals surface area contributed by atoms with E-state index < -0.39 is 0 Å². The quantitative estimate of drug-likeness (QED) is 0.686. The number of hydrogen-bond acceptors (Lipinski definition) is 2. The number of piperazine rings is 1.